The van der Waals surface area contributed by atoms with E-state index < -0.39 is 5.66 Å². The Morgan fingerprint density at radius 2 is 1.90 bits per heavy atom. The van der Waals surface area contributed by atoms with E-state index in [1.807, 2.05) is 25.1 Å². The van der Waals surface area contributed by atoms with E-state index in [0.29, 0.717) is 17.5 Å². The number of amidine groups is 1. The molecule has 1 aliphatic heterocycles. The second kappa shape index (κ2) is 7.29. The molecule has 2 N–H and O–H groups in total. The molecule has 158 valence electrons. The van der Waals surface area contributed by atoms with Gasteiger partial charge in [0.2, 0.25) is 0 Å². The largest absolute Gasteiger partial charge is 0.382 e. The average molecular weight is 477 g/mol. The van der Waals surface area contributed by atoms with Gasteiger partial charge in [-0.1, -0.05) is 28.1 Å². The normalized spacial score (nSPS) is 29.0. The monoisotopic (exact) mass is 476 g/mol. The zero-order valence-electron chi connectivity index (χ0n) is 17.8. The second-order valence-corrected chi connectivity index (χ2v) is 9.89. The van der Waals surface area contributed by atoms with E-state index >= 15 is 0 Å². The average Bonchev–Trinajstić information content (AvgIpc) is 3.21. The highest BCUT2D eigenvalue weighted by Crippen LogP contribution is 2.62. The fourth-order valence-corrected chi connectivity index (χ4v) is 6.17. The number of methoxy groups -OCH3 is 1. The fourth-order valence-electron chi connectivity index (χ4n) is 5.67. The summed E-state index contributed by atoms with van der Waals surface area (Å²) in [6.45, 7) is 1.96. The number of aliphatic imine (C=N–C) groups is 2. The molecule has 1 heterocycles. The van der Waals surface area contributed by atoms with Gasteiger partial charge in [0.15, 0.2) is 5.66 Å². The summed E-state index contributed by atoms with van der Waals surface area (Å²) in [5, 5.41) is 9.39. The number of benzene rings is 2. The van der Waals surface area contributed by atoms with E-state index in [9.17, 15) is 5.26 Å². The third kappa shape index (κ3) is 3.06. The molecule has 1 fully saturated rings. The van der Waals surface area contributed by atoms with E-state index in [1.165, 1.54) is 5.56 Å². The Morgan fingerprint density at radius 1 is 1.13 bits per heavy atom. The molecule has 3 aliphatic rings. The molecule has 2 spiro atoms. The topological polar surface area (TPSA) is 83.8 Å². The highest BCUT2D eigenvalue weighted by atomic mass is 79.9. The van der Waals surface area contributed by atoms with Crippen molar-refractivity contribution in [2.75, 3.05) is 7.11 Å². The Hall–Kier alpha value is -2.49. The minimum absolute atomic E-state index is 0.0690. The molecule has 1 atom stereocenters. The summed E-state index contributed by atoms with van der Waals surface area (Å²) in [5.74, 6) is 0.542. The fraction of sp³-hybridized carbons (Fsp3) is 0.400. The zero-order valence-corrected chi connectivity index (χ0v) is 19.4. The predicted molar refractivity (Wildman–Crippen MR) is 126 cm³/mol. The Kier molecular flexibility index (Phi) is 4.80. The van der Waals surface area contributed by atoms with E-state index in [0.717, 1.165) is 59.0 Å². The predicted octanol–water partition coefficient (Wildman–Crippen LogP) is 5.10. The zero-order chi connectivity index (χ0) is 21.8. The quantitative estimate of drug-likeness (QED) is 0.653. The van der Waals surface area contributed by atoms with Gasteiger partial charge >= 0.3 is 0 Å². The number of ether oxygens (including phenoxy) is 1. The highest BCUT2D eigenvalue weighted by molar-refractivity contribution is 9.10. The Labute approximate surface area is 191 Å². The molecule has 2 aromatic carbocycles. The van der Waals surface area contributed by atoms with Gasteiger partial charge in [-0.25, -0.2) is 4.99 Å². The first kappa shape index (κ1) is 20.4. The summed E-state index contributed by atoms with van der Waals surface area (Å²) in [5.41, 5.74) is 11.5. The van der Waals surface area contributed by atoms with Crippen LogP contribution < -0.4 is 5.73 Å². The summed E-state index contributed by atoms with van der Waals surface area (Å²) < 4.78 is 6.54. The molecule has 0 saturated heterocycles. The molecule has 0 radical (unpaired) electrons. The van der Waals surface area contributed by atoms with Gasteiger partial charge in [0.25, 0.3) is 0 Å². The van der Waals surface area contributed by atoms with Gasteiger partial charge in [0.1, 0.15) is 5.84 Å². The number of hydrogen-bond acceptors (Lipinski definition) is 5. The first-order chi connectivity index (χ1) is 14.9. The van der Waals surface area contributed by atoms with Crippen molar-refractivity contribution < 1.29 is 4.74 Å². The standard InChI is InChI=1S/C25H25BrN4O/c1-15-23(28)30-25(29-15)22-12-17(19-9-16(14-27)10-20(26)11-19)3-4-18(22)13-24(25)7-5-21(31-2)6-8-24/h3-4,9-12,21H,5-8,13H2,1-2H3,(H2,28,30)/t21?,24?,25-/m0/s1. The summed E-state index contributed by atoms with van der Waals surface area (Å²) in [6.07, 6.45) is 5.31. The molecule has 5 rings (SSSR count). The van der Waals surface area contributed by atoms with Crippen molar-refractivity contribution in [2.24, 2.45) is 21.1 Å². The molecule has 6 heteroatoms. The molecule has 1 saturated carbocycles. The third-order valence-corrected chi connectivity index (χ3v) is 7.78. The third-order valence-electron chi connectivity index (χ3n) is 7.32. The van der Waals surface area contributed by atoms with Crippen LogP contribution in [0.5, 0.6) is 0 Å². The van der Waals surface area contributed by atoms with Crippen molar-refractivity contribution in [2.45, 2.75) is 50.8 Å². The molecule has 0 aromatic heterocycles. The van der Waals surface area contributed by atoms with Crippen LogP contribution in [-0.2, 0) is 16.8 Å². The number of fused-ring (bicyclic) bond motifs is 3. The molecular weight excluding hydrogens is 452 g/mol. The maximum Gasteiger partial charge on any atom is 0.184 e. The summed E-state index contributed by atoms with van der Waals surface area (Å²) >= 11 is 3.54. The van der Waals surface area contributed by atoms with Gasteiger partial charge in [-0.15, -0.1) is 0 Å². The van der Waals surface area contributed by atoms with Crippen molar-refractivity contribution in [1.82, 2.24) is 0 Å². The lowest BCUT2D eigenvalue weighted by molar-refractivity contribution is -0.000372. The Morgan fingerprint density at radius 3 is 2.55 bits per heavy atom. The van der Waals surface area contributed by atoms with Crippen molar-refractivity contribution in [3.05, 3.63) is 57.6 Å². The molecule has 5 nitrogen and oxygen atoms in total. The summed E-state index contributed by atoms with van der Waals surface area (Å²) in [7, 11) is 1.80. The Balaban J connectivity index is 1.65. The lowest BCUT2D eigenvalue weighted by atomic mass is 9.65. The molecule has 0 amide bonds. The second-order valence-electron chi connectivity index (χ2n) is 8.97. The van der Waals surface area contributed by atoms with Crippen LogP contribution in [0.2, 0.25) is 0 Å². The lowest BCUT2D eigenvalue weighted by Crippen LogP contribution is -2.43. The van der Waals surface area contributed by atoms with Gasteiger partial charge < -0.3 is 10.5 Å². The van der Waals surface area contributed by atoms with Crippen LogP contribution in [0.25, 0.3) is 11.1 Å². The van der Waals surface area contributed by atoms with Crippen LogP contribution >= 0.6 is 15.9 Å². The number of halogens is 1. The van der Waals surface area contributed by atoms with Gasteiger partial charge in [-0.05, 0) is 80.0 Å². The highest BCUT2D eigenvalue weighted by Gasteiger charge is 2.60. The van der Waals surface area contributed by atoms with Crippen LogP contribution in [0.15, 0.2) is 50.9 Å². The number of nitrogens with two attached hydrogens (primary N) is 1. The molecule has 0 bridgehead atoms. The number of nitrogens with zero attached hydrogens (tertiary/aromatic N) is 3. The van der Waals surface area contributed by atoms with Crippen molar-refractivity contribution in [3.63, 3.8) is 0 Å². The van der Waals surface area contributed by atoms with E-state index in [4.69, 9.17) is 20.5 Å². The molecule has 2 aliphatic carbocycles. The minimum atomic E-state index is -0.657. The molecule has 2 aromatic rings. The number of nitriles is 1. The lowest BCUT2D eigenvalue weighted by Gasteiger charge is -2.44. The first-order valence-corrected chi connectivity index (χ1v) is 11.5. The number of rotatable bonds is 2. The maximum absolute atomic E-state index is 9.39. The van der Waals surface area contributed by atoms with Crippen molar-refractivity contribution in [1.29, 1.82) is 5.26 Å². The van der Waals surface area contributed by atoms with Crippen molar-refractivity contribution in [3.8, 4) is 17.2 Å². The van der Waals surface area contributed by atoms with E-state index in [1.54, 1.807) is 7.11 Å². The Bertz CT molecular complexity index is 1150. The van der Waals surface area contributed by atoms with Crippen LogP contribution in [-0.4, -0.2) is 24.8 Å². The summed E-state index contributed by atoms with van der Waals surface area (Å²) in [6, 6.07) is 14.6. The van der Waals surface area contributed by atoms with E-state index in [2.05, 4.69) is 40.2 Å². The molecule has 31 heavy (non-hydrogen) atoms. The van der Waals surface area contributed by atoms with Gasteiger partial charge in [0.05, 0.1) is 23.4 Å². The number of hydrogen-bond donors (Lipinski definition) is 1. The minimum Gasteiger partial charge on any atom is -0.382 e. The van der Waals surface area contributed by atoms with Crippen LogP contribution in [0, 0.1) is 16.7 Å². The van der Waals surface area contributed by atoms with Gasteiger partial charge in [0, 0.05) is 22.6 Å². The molecular formula is C25H25BrN4O. The first-order valence-electron chi connectivity index (χ1n) is 10.7. The maximum atomic E-state index is 9.39. The van der Waals surface area contributed by atoms with Gasteiger partial charge in [-0.2, -0.15) is 5.26 Å². The van der Waals surface area contributed by atoms with Gasteiger partial charge in [-0.3, -0.25) is 4.99 Å². The van der Waals surface area contributed by atoms with Crippen LogP contribution in [0.3, 0.4) is 0 Å². The van der Waals surface area contributed by atoms with Crippen LogP contribution in [0.1, 0.15) is 49.3 Å². The van der Waals surface area contributed by atoms with E-state index in [-0.39, 0.29) is 5.41 Å². The SMILES string of the molecule is COC1CCC2(CC1)Cc1ccc(-c3cc(Br)cc(C#N)c3)cc1[C@@]21N=C(C)C(N)=N1. The van der Waals surface area contributed by atoms with Crippen LogP contribution in [0.4, 0.5) is 0 Å². The molecule has 0 unspecified atom stereocenters. The smallest absolute Gasteiger partial charge is 0.184 e. The summed E-state index contributed by atoms with van der Waals surface area (Å²) in [4.78, 5) is 10.2. The van der Waals surface area contributed by atoms with Crippen molar-refractivity contribution >= 4 is 27.5 Å².